The van der Waals surface area contributed by atoms with Gasteiger partial charge in [0.15, 0.2) is 0 Å². The molecule has 4 rings (SSSR count). The minimum atomic E-state index is -0.947. The predicted molar refractivity (Wildman–Crippen MR) is 101 cm³/mol. The summed E-state index contributed by atoms with van der Waals surface area (Å²) in [5.41, 5.74) is 0.368. The SMILES string of the molecule is COc1ccc2[nH]cc(C3(C=C(F)B4OC(C)(C)C(C)(C)O4)CC3)c2c1. The van der Waals surface area contributed by atoms with Gasteiger partial charge in [-0.2, -0.15) is 0 Å². The molecular formula is C20H25BFNO3. The zero-order valence-corrected chi connectivity index (χ0v) is 16.0. The van der Waals surface area contributed by atoms with Gasteiger partial charge in [-0.25, -0.2) is 4.39 Å². The summed E-state index contributed by atoms with van der Waals surface area (Å²) >= 11 is 0. The molecule has 1 aromatic carbocycles. The van der Waals surface area contributed by atoms with Gasteiger partial charge in [0.1, 0.15) is 11.5 Å². The maximum absolute atomic E-state index is 15.0. The lowest BCUT2D eigenvalue weighted by molar-refractivity contribution is 0.00578. The van der Waals surface area contributed by atoms with E-state index in [1.165, 1.54) is 0 Å². The average Bonchev–Trinajstić information content (AvgIpc) is 3.14. The summed E-state index contributed by atoms with van der Waals surface area (Å²) in [6, 6.07) is 5.91. The van der Waals surface area contributed by atoms with Crippen LogP contribution >= 0.6 is 0 Å². The van der Waals surface area contributed by atoms with Crippen LogP contribution in [0.25, 0.3) is 10.9 Å². The van der Waals surface area contributed by atoms with Crippen molar-refractivity contribution in [2.75, 3.05) is 7.11 Å². The molecule has 1 aliphatic carbocycles. The van der Waals surface area contributed by atoms with Crippen molar-refractivity contribution in [1.82, 2.24) is 4.98 Å². The fraction of sp³-hybridized carbons (Fsp3) is 0.500. The van der Waals surface area contributed by atoms with Gasteiger partial charge in [-0.15, -0.1) is 0 Å². The third-order valence-corrected chi connectivity index (χ3v) is 6.11. The highest BCUT2D eigenvalue weighted by Gasteiger charge is 2.54. The molecule has 2 heterocycles. The Labute approximate surface area is 153 Å². The highest BCUT2D eigenvalue weighted by atomic mass is 19.1. The highest BCUT2D eigenvalue weighted by Crippen LogP contribution is 2.53. The van der Waals surface area contributed by atoms with E-state index in [-0.39, 0.29) is 11.1 Å². The van der Waals surface area contributed by atoms with Gasteiger partial charge in [0.05, 0.1) is 18.3 Å². The second-order valence-corrected chi connectivity index (χ2v) is 8.39. The Morgan fingerprint density at radius 2 is 1.85 bits per heavy atom. The molecule has 0 radical (unpaired) electrons. The van der Waals surface area contributed by atoms with Crippen molar-refractivity contribution in [2.45, 2.75) is 57.2 Å². The summed E-state index contributed by atoms with van der Waals surface area (Å²) in [6.07, 6.45) is 5.48. The van der Waals surface area contributed by atoms with E-state index >= 15 is 4.39 Å². The molecule has 0 bridgehead atoms. The fourth-order valence-electron chi connectivity index (χ4n) is 3.55. The third kappa shape index (κ3) is 2.67. The van der Waals surface area contributed by atoms with Crippen molar-refractivity contribution < 1.29 is 18.4 Å². The Morgan fingerprint density at radius 3 is 2.42 bits per heavy atom. The number of ether oxygens (including phenoxy) is 1. The van der Waals surface area contributed by atoms with E-state index in [1.54, 1.807) is 13.2 Å². The number of benzene rings is 1. The molecule has 4 nitrogen and oxygen atoms in total. The van der Waals surface area contributed by atoms with E-state index < -0.39 is 18.3 Å². The maximum atomic E-state index is 15.0. The largest absolute Gasteiger partial charge is 0.524 e. The number of rotatable bonds is 4. The van der Waals surface area contributed by atoms with Gasteiger partial charge in [0, 0.05) is 22.5 Å². The van der Waals surface area contributed by atoms with Crippen LogP contribution in [0.4, 0.5) is 4.39 Å². The fourth-order valence-corrected chi connectivity index (χ4v) is 3.55. The Morgan fingerprint density at radius 1 is 1.19 bits per heavy atom. The molecule has 0 spiro atoms. The first-order chi connectivity index (χ1) is 12.2. The summed E-state index contributed by atoms with van der Waals surface area (Å²) in [4.78, 5) is 3.28. The van der Waals surface area contributed by atoms with E-state index in [2.05, 4.69) is 4.98 Å². The molecule has 1 saturated carbocycles. The summed E-state index contributed by atoms with van der Waals surface area (Å²) in [5.74, 6) is 0.796. The van der Waals surface area contributed by atoms with Crippen molar-refractivity contribution in [3.8, 4) is 5.75 Å². The molecule has 0 unspecified atom stereocenters. The minimum Gasteiger partial charge on any atom is -0.497 e. The van der Waals surface area contributed by atoms with Gasteiger partial charge >= 0.3 is 7.12 Å². The first kappa shape index (κ1) is 17.6. The highest BCUT2D eigenvalue weighted by molar-refractivity contribution is 6.53. The van der Waals surface area contributed by atoms with Gasteiger partial charge in [-0.05, 0) is 70.4 Å². The number of nitrogens with one attached hydrogen (secondary N) is 1. The van der Waals surface area contributed by atoms with Crippen LogP contribution in [0, 0.1) is 0 Å². The number of aromatic amines is 1. The summed E-state index contributed by atoms with van der Waals surface area (Å²) in [5, 5.41) is 1.07. The average molecular weight is 357 g/mol. The van der Waals surface area contributed by atoms with Crippen LogP contribution in [0.3, 0.4) is 0 Å². The zero-order valence-electron chi connectivity index (χ0n) is 16.0. The summed E-state index contributed by atoms with van der Waals surface area (Å²) in [6.45, 7) is 7.72. The van der Waals surface area contributed by atoms with Crippen molar-refractivity contribution in [2.24, 2.45) is 0 Å². The number of aromatic nitrogens is 1. The van der Waals surface area contributed by atoms with Gasteiger partial charge in [0.25, 0.3) is 0 Å². The Bertz CT molecular complexity index is 866. The third-order valence-electron chi connectivity index (χ3n) is 6.11. The van der Waals surface area contributed by atoms with Crippen LogP contribution < -0.4 is 4.74 Å². The quantitative estimate of drug-likeness (QED) is 0.807. The minimum absolute atomic E-state index is 0.307. The van der Waals surface area contributed by atoms with Gasteiger partial charge in [-0.3, -0.25) is 0 Å². The van der Waals surface area contributed by atoms with Crippen LogP contribution in [0.15, 0.2) is 36.2 Å². The zero-order chi connectivity index (χ0) is 18.7. The second kappa shape index (κ2) is 5.60. The van der Waals surface area contributed by atoms with Crippen molar-refractivity contribution in [1.29, 1.82) is 0 Å². The smallest absolute Gasteiger partial charge is 0.497 e. The lowest BCUT2D eigenvalue weighted by Crippen LogP contribution is -2.41. The maximum Gasteiger partial charge on any atom is 0.524 e. The molecule has 26 heavy (non-hydrogen) atoms. The van der Waals surface area contributed by atoms with Crippen LogP contribution in [0.5, 0.6) is 5.75 Å². The molecule has 2 aromatic rings. The van der Waals surface area contributed by atoms with E-state index in [9.17, 15) is 0 Å². The molecular weight excluding hydrogens is 332 g/mol. The van der Waals surface area contributed by atoms with Crippen LogP contribution in [0.1, 0.15) is 46.1 Å². The number of fused-ring (bicyclic) bond motifs is 1. The van der Waals surface area contributed by atoms with Crippen LogP contribution in [-0.2, 0) is 14.7 Å². The summed E-state index contributed by atoms with van der Waals surface area (Å²) < 4.78 is 32.1. The monoisotopic (exact) mass is 357 g/mol. The Kier molecular flexibility index (Phi) is 3.80. The molecule has 2 fully saturated rings. The molecule has 1 N–H and O–H groups in total. The van der Waals surface area contributed by atoms with Gasteiger partial charge in [-0.1, -0.05) is 0 Å². The normalized spacial score (nSPS) is 23.5. The lowest BCUT2D eigenvalue weighted by atomic mass is 9.83. The topological polar surface area (TPSA) is 43.5 Å². The van der Waals surface area contributed by atoms with Crippen molar-refractivity contribution in [3.63, 3.8) is 0 Å². The number of halogens is 1. The molecule has 1 aliphatic heterocycles. The van der Waals surface area contributed by atoms with E-state index in [4.69, 9.17) is 14.0 Å². The number of methoxy groups -OCH3 is 1. The standard InChI is InChI=1S/C20H25BFNO3/c1-18(2)19(3,4)26-21(25-18)17(22)11-20(8-9-20)15-12-23-16-7-6-13(24-5)10-14(15)16/h6-7,10-12,23H,8-9H2,1-5H3. The van der Waals surface area contributed by atoms with E-state index in [1.807, 2.05) is 52.1 Å². The van der Waals surface area contributed by atoms with Gasteiger partial charge < -0.3 is 19.0 Å². The molecule has 0 amide bonds. The number of hydrogen-bond donors (Lipinski definition) is 1. The second-order valence-electron chi connectivity index (χ2n) is 8.39. The van der Waals surface area contributed by atoms with Crippen LogP contribution in [-0.4, -0.2) is 30.4 Å². The number of hydrogen-bond acceptors (Lipinski definition) is 3. The Balaban J connectivity index is 1.67. The molecule has 0 atom stereocenters. The first-order valence-corrected chi connectivity index (χ1v) is 9.07. The van der Waals surface area contributed by atoms with Crippen LogP contribution in [0.2, 0.25) is 0 Å². The molecule has 138 valence electrons. The van der Waals surface area contributed by atoms with Gasteiger partial charge in [0.2, 0.25) is 0 Å². The number of H-pyrrole nitrogens is 1. The Hall–Kier alpha value is -1.79. The molecule has 1 saturated heterocycles. The lowest BCUT2D eigenvalue weighted by Gasteiger charge is -2.32. The first-order valence-electron chi connectivity index (χ1n) is 9.07. The van der Waals surface area contributed by atoms with Crippen molar-refractivity contribution >= 4 is 18.0 Å². The molecule has 2 aliphatic rings. The van der Waals surface area contributed by atoms with E-state index in [0.717, 1.165) is 35.1 Å². The molecule has 1 aromatic heterocycles. The molecule has 6 heteroatoms. The van der Waals surface area contributed by atoms with E-state index in [0.29, 0.717) is 0 Å². The predicted octanol–water partition coefficient (Wildman–Crippen LogP) is 4.69. The van der Waals surface area contributed by atoms with Crippen molar-refractivity contribution in [3.05, 3.63) is 41.8 Å². The summed E-state index contributed by atoms with van der Waals surface area (Å²) in [7, 11) is 0.704. The number of allylic oxidation sites excluding steroid dienone is 1.